The lowest BCUT2D eigenvalue weighted by atomic mass is 10.2. The number of hydrogen-bond acceptors (Lipinski definition) is 5. The first-order chi connectivity index (χ1) is 9.83. The van der Waals surface area contributed by atoms with Crippen molar-refractivity contribution in [2.24, 2.45) is 0 Å². The van der Waals surface area contributed by atoms with Gasteiger partial charge in [0.15, 0.2) is 0 Å². The van der Waals surface area contributed by atoms with Gasteiger partial charge in [-0.15, -0.1) is 0 Å². The van der Waals surface area contributed by atoms with E-state index in [1.165, 1.54) is 0 Å². The zero-order valence-electron chi connectivity index (χ0n) is 12.7. The standard InChI is InChI=1S/C15H23N3O3/c1-15(2,3)21-14(19)18-10-4-5-12(16)13(8-10)17-9-11-6-7-20-11/h4-5,8,11,17H,6-7,9,16H2,1-3H3,(H,18,19). The van der Waals surface area contributed by atoms with Crippen molar-refractivity contribution < 1.29 is 14.3 Å². The van der Waals surface area contributed by atoms with E-state index in [1.807, 2.05) is 20.8 Å². The van der Waals surface area contributed by atoms with Gasteiger partial charge in [0, 0.05) is 18.8 Å². The van der Waals surface area contributed by atoms with Crippen LogP contribution >= 0.6 is 0 Å². The van der Waals surface area contributed by atoms with Crippen LogP contribution in [0.4, 0.5) is 21.9 Å². The number of anilines is 3. The molecule has 0 spiro atoms. The normalized spacial score (nSPS) is 17.8. The maximum absolute atomic E-state index is 11.7. The first-order valence-corrected chi connectivity index (χ1v) is 7.08. The minimum absolute atomic E-state index is 0.242. The number of amides is 1. The molecule has 0 bridgehead atoms. The Morgan fingerprint density at radius 2 is 2.19 bits per heavy atom. The molecule has 1 aromatic carbocycles. The van der Waals surface area contributed by atoms with E-state index in [0.29, 0.717) is 17.9 Å². The van der Waals surface area contributed by atoms with Gasteiger partial charge in [0.1, 0.15) is 5.60 Å². The Bertz CT molecular complexity index is 507. The third-order valence-electron chi connectivity index (χ3n) is 3.01. The summed E-state index contributed by atoms with van der Waals surface area (Å²) >= 11 is 0. The quantitative estimate of drug-likeness (QED) is 0.743. The number of rotatable bonds is 4. The van der Waals surface area contributed by atoms with Crippen LogP contribution in [-0.2, 0) is 9.47 Å². The molecule has 1 atom stereocenters. The summed E-state index contributed by atoms with van der Waals surface area (Å²) in [7, 11) is 0. The predicted molar refractivity (Wildman–Crippen MR) is 83.6 cm³/mol. The highest BCUT2D eigenvalue weighted by atomic mass is 16.6. The van der Waals surface area contributed by atoms with Crippen LogP contribution < -0.4 is 16.4 Å². The SMILES string of the molecule is CC(C)(C)OC(=O)Nc1ccc(N)c(NCC2CCO2)c1. The number of nitrogen functional groups attached to an aromatic ring is 1. The zero-order chi connectivity index (χ0) is 15.5. The van der Waals surface area contributed by atoms with E-state index in [2.05, 4.69) is 10.6 Å². The first-order valence-electron chi connectivity index (χ1n) is 7.08. The summed E-state index contributed by atoms with van der Waals surface area (Å²) in [6, 6.07) is 5.28. The second-order valence-corrected chi connectivity index (χ2v) is 6.09. The van der Waals surface area contributed by atoms with Crippen LogP contribution in [0.2, 0.25) is 0 Å². The van der Waals surface area contributed by atoms with E-state index >= 15 is 0 Å². The smallest absolute Gasteiger partial charge is 0.412 e. The van der Waals surface area contributed by atoms with E-state index in [0.717, 1.165) is 18.7 Å². The molecule has 1 amide bonds. The Balaban J connectivity index is 1.95. The lowest BCUT2D eigenvalue weighted by Gasteiger charge is -2.27. The van der Waals surface area contributed by atoms with Gasteiger partial charge in [0.25, 0.3) is 0 Å². The second-order valence-electron chi connectivity index (χ2n) is 6.09. The van der Waals surface area contributed by atoms with E-state index in [1.54, 1.807) is 18.2 Å². The topological polar surface area (TPSA) is 85.6 Å². The van der Waals surface area contributed by atoms with Crippen LogP contribution in [-0.4, -0.2) is 30.9 Å². The molecule has 1 aromatic rings. The summed E-state index contributed by atoms with van der Waals surface area (Å²) in [5.41, 5.74) is 7.43. The van der Waals surface area contributed by atoms with Crippen LogP contribution in [0.3, 0.4) is 0 Å². The lowest BCUT2D eigenvalue weighted by molar-refractivity contribution is -0.0410. The number of hydrogen-bond donors (Lipinski definition) is 3. The molecule has 6 nitrogen and oxygen atoms in total. The third-order valence-corrected chi connectivity index (χ3v) is 3.01. The summed E-state index contributed by atoms with van der Waals surface area (Å²) in [6.07, 6.45) is 0.815. The lowest BCUT2D eigenvalue weighted by Crippen LogP contribution is -2.33. The van der Waals surface area contributed by atoms with Crippen LogP contribution in [0.1, 0.15) is 27.2 Å². The monoisotopic (exact) mass is 293 g/mol. The highest BCUT2D eigenvalue weighted by Gasteiger charge is 2.18. The van der Waals surface area contributed by atoms with Gasteiger partial charge < -0.3 is 20.5 Å². The molecule has 1 fully saturated rings. The number of benzene rings is 1. The van der Waals surface area contributed by atoms with E-state index in [9.17, 15) is 4.79 Å². The number of carbonyl (C=O) groups is 1. The highest BCUT2D eigenvalue weighted by molar-refractivity contribution is 5.87. The maximum atomic E-state index is 11.7. The van der Waals surface area contributed by atoms with E-state index in [4.69, 9.17) is 15.2 Å². The minimum Gasteiger partial charge on any atom is -0.444 e. The van der Waals surface area contributed by atoms with Crippen LogP contribution in [0, 0.1) is 0 Å². The Morgan fingerprint density at radius 3 is 2.76 bits per heavy atom. The average Bonchev–Trinajstić information content (AvgIpc) is 2.28. The van der Waals surface area contributed by atoms with Crippen molar-refractivity contribution in [1.29, 1.82) is 0 Å². The molecule has 0 aromatic heterocycles. The molecule has 1 aliphatic heterocycles. The fourth-order valence-electron chi connectivity index (χ4n) is 1.88. The van der Waals surface area contributed by atoms with Gasteiger partial charge in [-0.3, -0.25) is 5.32 Å². The Kier molecular flexibility index (Phi) is 4.57. The summed E-state index contributed by atoms with van der Waals surface area (Å²) in [5.74, 6) is 0. The Labute approximate surface area is 125 Å². The van der Waals surface area contributed by atoms with Gasteiger partial charge in [-0.05, 0) is 45.4 Å². The summed E-state index contributed by atoms with van der Waals surface area (Å²) in [5, 5.41) is 5.93. The van der Waals surface area contributed by atoms with Crippen LogP contribution in [0.5, 0.6) is 0 Å². The second kappa shape index (κ2) is 6.22. The molecule has 6 heteroatoms. The molecule has 0 saturated carbocycles. The van der Waals surface area contributed by atoms with Crippen molar-refractivity contribution in [3.05, 3.63) is 18.2 Å². The molecule has 4 N–H and O–H groups in total. The largest absolute Gasteiger partial charge is 0.444 e. The van der Waals surface area contributed by atoms with Gasteiger partial charge in [0.05, 0.1) is 17.5 Å². The molecular weight excluding hydrogens is 270 g/mol. The van der Waals surface area contributed by atoms with Crippen molar-refractivity contribution in [2.45, 2.75) is 38.9 Å². The van der Waals surface area contributed by atoms with Crippen molar-refractivity contribution in [3.63, 3.8) is 0 Å². The van der Waals surface area contributed by atoms with E-state index in [-0.39, 0.29) is 6.10 Å². The van der Waals surface area contributed by atoms with Gasteiger partial charge in [-0.25, -0.2) is 4.79 Å². The fraction of sp³-hybridized carbons (Fsp3) is 0.533. The van der Waals surface area contributed by atoms with Gasteiger partial charge in [0.2, 0.25) is 0 Å². The molecule has 21 heavy (non-hydrogen) atoms. The zero-order valence-corrected chi connectivity index (χ0v) is 12.7. The fourth-order valence-corrected chi connectivity index (χ4v) is 1.88. The van der Waals surface area contributed by atoms with Gasteiger partial charge >= 0.3 is 6.09 Å². The van der Waals surface area contributed by atoms with Crippen molar-refractivity contribution in [1.82, 2.24) is 0 Å². The van der Waals surface area contributed by atoms with Crippen LogP contribution in [0.15, 0.2) is 18.2 Å². The molecule has 116 valence electrons. The summed E-state index contributed by atoms with van der Waals surface area (Å²) in [4.78, 5) is 11.7. The van der Waals surface area contributed by atoms with Crippen molar-refractivity contribution in [2.75, 3.05) is 29.5 Å². The van der Waals surface area contributed by atoms with Crippen molar-refractivity contribution >= 4 is 23.2 Å². The maximum Gasteiger partial charge on any atom is 0.412 e. The minimum atomic E-state index is -0.527. The molecule has 2 rings (SSSR count). The van der Waals surface area contributed by atoms with Gasteiger partial charge in [-0.1, -0.05) is 0 Å². The number of carbonyl (C=O) groups excluding carboxylic acids is 1. The molecule has 1 heterocycles. The molecule has 1 saturated heterocycles. The molecule has 1 aliphatic rings. The summed E-state index contributed by atoms with van der Waals surface area (Å²) < 4.78 is 10.6. The average molecular weight is 293 g/mol. The molecule has 1 unspecified atom stereocenters. The van der Waals surface area contributed by atoms with E-state index < -0.39 is 11.7 Å². The molecular formula is C15H23N3O3. The molecule has 0 aliphatic carbocycles. The summed E-state index contributed by atoms with van der Waals surface area (Å²) in [6.45, 7) is 6.99. The Hall–Kier alpha value is -1.95. The molecule has 0 radical (unpaired) electrons. The van der Waals surface area contributed by atoms with Crippen LogP contribution in [0.25, 0.3) is 0 Å². The Morgan fingerprint density at radius 1 is 1.48 bits per heavy atom. The highest BCUT2D eigenvalue weighted by Crippen LogP contribution is 2.24. The first kappa shape index (κ1) is 15.4. The van der Waals surface area contributed by atoms with Gasteiger partial charge in [-0.2, -0.15) is 0 Å². The van der Waals surface area contributed by atoms with Crippen molar-refractivity contribution in [3.8, 4) is 0 Å². The third kappa shape index (κ3) is 4.82. The number of ether oxygens (including phenoxy) is 2. The predicted octanol–water partition coefficient (Wildman–Crippen LogP) is 2.82. The number of nitrogens with two attached hydrogens (primary N) is 1. The number of nitrogens with one attached hydrogen (secondary N) is 2.